The largest absolute Gasteiger partial charge is 0.444 e. The zero-order chi connectivity index (χ0) is 19.8. The molecule has 1 unspecified atom stereocenters. The van der Waals surface area contributed by atoms with Crippen molar-refractivity contribution in [3.8, 4) is 0 Å². The molecule has 3 rings (SSSR count). The van der Waals surface area contributed by atoms with Crippen molar-refractivity contribution in [1.82, 2.24) is 9.88 Å². The summed E-state index contributed by atoms with van der Waals surface area (Å²) >= 11 is 1.49. The summed E-state index contributed by atoms with van der Waals surface area (Å²) < 4.78 is 6.42. The summed E-state index contributed by atoms with van der Waals surface area (Å²) in [6.07, 6.45) is 1.59. The van der Waals surface area contributed by atoms with E-state index in [9.17, 15) is 14.9 Å². The van der Waals surface area contributed by atoms with Crippen LogP contribution >= 0.6 is 11.3 Å². The second kappa shape index (κ2) is 7.30. The number of nitrogens with zero attached hydrogens (tertiary/aromatic N) is 4. The Kier molecular flexibility index (Phi) is 5.23. The molecule has 0 saturated carbocycles. The number of hydrogen-bond acceptors (Lipinski definition) is 7. The molecule has 0 bridgehead atoms. The first-order valence-electron chi connectivity index (χ1n) is 8.90. The van der Waals surface area contributed by atoms with E-state index in [0.29, 0.717) is 18.6 Å². The quantitative estimate of drug-likeness (QED) is 0.576. The maximum absolute atomic E-state index is 12.4. The van der Waals surface area contributed by atoms with Crippen molar-refractivity contribution in [3.05, 3.63) is 28.3 Å². The van der Waals surface area contributed by atoms with E-state index in [-0.39, 0.29) is 17.8 Å². The Morgan fingerprint density at radius 1 is 1.48 bits per heavy atom. The Morgan fingerprint density at radius 3 is 2.89 bits per heavy atom. The number of nitro groups is 1. The van der Waals surface area contributed by atoms with Gasteiger partial charge in [-0.3, -0.25) is 10.1 Å². The van der Waals surface area contributed by atoms with Crippen LogP contribution in [-0.4, -0.2) is 52.7 Å². The molecule has 2 aromatic rings. The lowest BCUT2D eigenvalue weighted by atomic mass is 10.2. The fourth-order valence-electron chi connectivity index (χ4n) is 3.16. The second-order valence-corrected chi connectivity index (χ2v) is 8.76. The minimum absolute atomic E-state index is 0.0360. The van der Waals surface area contributed by atoms with Crippen LogP contribution in [0.4, 0.5) is 15.6 Å². The molecule has 1 aromatic heterocycles. The van der Waals surface area contributed by atoms with Crippen LogP contribution in [0.15, 0.2) is 18.2 Å². The van der Waals surface area contributed by atoms with Gasteiger partial charge < -0.3 is 14.5 Å². The van der Waals surface area contributed by atoms with E-state index >= 15 is 0 Å². The number of thiazole rings is 1. The Balaban J connectivity index is 1.72. The van der Waals surface area contributed by atoms with Crippen LogP contribution < -0.4 is 4.90 Å². The predicted molar refractivity (Wildman–Crippen MR) is 106 cm³/mol. The van der Waals surface area contributed by atoms with Crippen LogP contribution in [0.2, 0.25) is 0 Å². The molecule has 2 heterocycles. The first kappa shape index (κ1) is 19.3. The molecular formula is C18H24N4O4S. The number of fused-ring (bicyclic) bond motifs is 1. The highest BCUT2D eigenvalue weighted by Gasteiger charge is 2.33. The maximum Gasteiger partial charge on any atom is 0.410 e. The molecule has 0 aliphatic carbocycles. The van der Waals surface area contributed by atoms with Gasteiger partial charge in [-0.05, 0) is 39.7 Å². The molecule has 27 heavy (non-hydrogen) atoms. The van der Waals surface area contributed by atoms with E-state index in [0.717, 1.165) is 22.7 Å². The predicted octanol–water partition coefficient (Wildman–Crippen LogP) is 4.04. The molecule has 1 atom stereocenters. The first-order valence-corrected chi connectivity index (χ1v) is 9.71. The van der Waals surface area contributed by atoms with Crippen molar-refractivity contribution in [2.24, 2.45) is 0 Å². The number of carbonyl (C=O) groups excluding carboxylic acids is 1. The van der Waals surface area contributed by atoms with Crippen LogP contribution in [0.3, 0.4) is 0 Å². The number of benzene rings is 1. The zero-order valence-corrected chi connectivity index (χ0v) is 16.8. The van der Waals surface area contributed by atoms with Crippen LogP contribution in [0.1, 0.15) is 33.6 Å². The molecule has 1 fully saturated rings. The summed E-state index contributed by atoms with van der Waals surface area (Å²) in [6, 6.07) is 4.77. The monoisotopic (exact) mass is 392 g/mol. The highest BCUT2D eigenvalue weighted by Crippen LogP contribution is 2.31. The highest BCUT2D eigenvalue weighted by atomic mass is 32.1. The van der Waals surface area contributed by atoms with E-state index in [1.165, 1.54) is 23.5 Å². The number of likely N-dealkylation sites (tertiary alicyclic amines) is 1. The van der Waals surface area contributed by atoms with Crippen molar-refractivity contribution in [1.29, 1.82) is 0 Å². The van der Waals surface area contributed by atoms with Gasteiger partial charge in [0.2, 0.25) is 0 Å². The number of hydrogen-bond donors (Lipinski definition) is 0. The molecule has 1 aliphatic rings. The van der Waals surface area contributed by atoms with E-state index < -0.39 is 10.5 Å². The van der Waals surface area contributed by atoms with Gasteiger partial charge in [-0.1, -0.05) is 11.3 Å². The summed E-state index contributed by atoms with van der Waals surface area (Å²) in [6.45, 7) is 6.92. The SMILES string of the molecule is CN(CC1CCCN1C(=O)OC(C)(C)C)c1nc2cc([N+](=O)[O-])ccc2s1. The zero-order valence-electron chi connectivity index (χ0n) is 16.0. The Labute approximate surface area is 161 Å². The van der Waals surface area contributed by atoms with Gasteiger partial charge in [-0.25, -0.2) is 9.78 Å². The Morgan fingerprint density at radius 2 is 2.22 bits per heavy atom. The van der Waals surface area contributed by atoms with Gasteiger partial charge in [0.05, 0.1) is 21.2 Å². The van der Waals surface area contributed by atoms with Gasteiger partial charge in [-0.2, -0.15) is 0 Å². The molecule has 1 saturated heterocycles. The van der Waals surface area contributed by atoms with Gasteiger partial charge in [0.1, 0.15) is 5.60 Å². The molecule has 1 aromatic carbocycles. The van der Waals surface area contributed by atoms with Crippen molar-refractivity contribution < 1.29 is 14.5 Å². The lowest BCUT2D eigenvalue weighted by molar-refractivity contribution is -0.384. The van der Waals surface area contributed by atoms with Crippen LogP contribution in [-0.2, 0) is 4.74 Å². The number of amides is 1. The summed E-state index contributed by atoms with van der Waals surface area (Å²) in [7, 11) is 1.93. The minimum atomic E-state index is -0.516. The second-order valence-electron chi connectivity index (χ2n) is 7.76. The normalized spacial score (nSPS) is 17.3. The Bertz CT molecular complexity index is 861. The van der Waals surface area contributed by atoms with E-state index in [2.05, 4.69) is 4.98 Å². The number of ether oxygens (including phenoxy) is 1. The summed E-state index contributed by atoms with van der Waals surface area (Å²) in [4.78, 5) is 31.3. The molecule has 0 radical (unpaired) electrons. The molecule has 146 valence electrons. The van der Waals surface area contributed by atoms with Gasteiger partial charge in [0.25, 0.3) is 5.69 Å². The number of nitro benzene ring substituents is 1. The molecule has 9 heteroatoms. The van der Waals surface area contributed by atoms with Crippen molar-refractivity contribution in [2.75, 3.05) is 25.0 Å². The summed E-state index contributed by atoms with van der Waals surface area (Å²) in [5, 5.41) is 11.7. The molecule has 1 aliphatic heterocycles. The fraction of sp³-hybridized carbons (Fsp3) is 0.556. The third kappa shape index (κ3) is 4.47. The lowest BCUT2D eigenvalue weighted by Crippen LogP contribution is -2.44. The van der Waals surface area contributed by atoms with Crippen molar-refractivity contribution in [2.45, 2.75) is 45.3 Å². The van der Waals surface area contributed by atoms with Gasteiger partial charge >= 0.3 is 6.09 Å². The van der Waals surface area contributed by atoms with E-state index in [1.54, 1.807) is 11.0 Å². The minimum Gasteiger partial charge on any atom is -0.444 e. The van der Waals surface area contributed by atoms with Crippen molar-refractivity contribution >= 4 is 38.5 Å². The number of aromatic nitrogens is 1. The lowest BCUT2D eigenvalue weighted by Gasteiger charge is -2.30. The van der Waals surface area contributed by atoms with Gasteiger partial charge in [-0.15, -0.1) is 0 Å². The average molecular weight is 392 g/mol. The van der Waals surface area contributed by atoms with E-state index in [4.69, 9.17) is 4.74 Å². The number of anilines is 1. The first-order chi connectivity index (χ1) is 12.6. The Hall–Kier alpha value is -2.42. The number of non-ortho nitro benzene ring substituents is 1. The molecule has 0 N–H and O–H groups in total. The maximum atomic E-state index is 12.4. The molecule has 1 amide bonds. The topological polar surface area (TPSA) is 88.8 Å². The summed E-state index contributed by atoms with van der Waals surface area (Å²) in [5.41, 5.74) is 0.137. The van der Waals surface area contributed by atoms with Gasteiger partial charge in [0.15, 0.2) is 5.13 Å². The standard InChI is InChI=1S/C18H24N4O4S/c1-18(2,3)26-17(23)21-9-5-6-13(21)11-20(4)16-19-14-10-12(22(24)25)7-8-15(14)27-16/h7-8,10,13H,5-6,9,11H2,1-4H3. The van der Waals surface area contributed by atoms with Crippen LogP contribution in [0, 0.1) is 10.1 Å². The summed E-state index contributed by atoms with van der Waals surface area (Å²) in [5.74, 6) is 0. The third-order valence-corrected chi connectivity index (χ3v) is 5.54. The van der Waals surface area contributed by atoms with E-state index in [1.807, 2.05) is 32.7 Å². The average Bonchev–Trinajstić information content (AvgIpc) is 3.18. The third-order valence-electron chi connectivity index (χ3n) is 4.39. The smallest absolute Gasteiger partial charge is 0.410 e. The molecular weight excluding hydrogens is 368 g/mol. The number of carbonyl (C=O) groups is 1. The van der Waals surface area contributed by atoms with Gasteiger partial charge in [0, 0.05) is 32.3 Å². The number of rotatable bonds is 4. The molecule has 8 nitrogen and oxygen atoms in total. The van der Waals surface area contributed by atoms with Crippen LogP contribution in [0.25, 0.3) is 10.2 Å². The number of likely N-dealkylation sites (N-methyl/N-ethyl adjacent to an activating group) is 1. The van der Waals surface area contributed by atoms with Crippen LogP contribution in [0.5, 0.6) is 0 Å². The highest BCUT2D eigenvalue weighted by molar-refractivity contribution is 7.22. The molecule has 0 spiro atoms. The fourth-order valence-corrected chi connectivity index (χ4v) is 4.08. The van der Waals surface area contributed by atoms with Crippen molar-refractivity contribution in [3.63, 3.8) is 0 Å².